The van der Waals surface area contributed by atoms with E-state index in [1.165, 1.54) is 5.69 Å². The molecule has 2 unspecified atom stereocenters. The molecule has 1 N–H and O–H groups in total. The van der Waals surface area contributed by atoms with Gasteiger partial charge in [-0.15, -0.1) is 0 Å². The molecule has 3 aromatic rings. The van der Waals surface area contributed by atoms with Gasteiger partial charge in [0, 0.05) is 82.6 Å². The first kappa shape index (κ1) is 24.2. The Morgan fingerprint density at radius 1 is 1.11 bits per heavy atom. The normalized spacial score (nSPS) is 22.4. The number of fused-ring (bicyclic) bond motifs is 1. The monoisotopic (exact) mass is 504 g/mol. The highest BCUT2D eigenvalue weighted by Crippen LogP contribution is 2.31. The minimum atomic E-state index is -0.137. The number of anilines is 1. The van der Waals surface area contributed by atoms with Crippen molar-refractivity contribution in [3.8, 4) is 17.1 Å². The van der Waals surface area contributed by atoms with Gasteiger partial charge in [-0.25, -0.2) is 9.97 Å². The van der Waals surface area contributed by atoms with E-state index in [2.05, 4.69) is 44.4 Å². The molecular weight excluding hydrogens is 468 g/mol. The second-order valence-corrected chi connectivity index (χ2v) is 10.5. The molecule has 9 nitrogen and oxygen atoms in total. The van der Waals surface area contributed by atoms with Crippen LogP contribution in [0.2, 0.25) is 0 Å². The third-order valence-electron chi connectivity index (χ3n) is 8.18. The molecule has 37 heavy (non-hydrogen) atoms. The highest BCUT2D eigenvalue weighted by molar-refractivity contribution is 5.85. The number of carbonyl (C=O) groups is 1. The maximum atomic E-state index is 11.7. The van der Waals surface area contributed by atoms with Crippen molar-refractivity contribution >= 4 is 22.6 Å². The molecule has 0 radical (unpaired) electrons. The van der Waals surface area contributed by atoms with Gasteiger partial charge >= 0.3 is 0 Å². The van der Waals surface area contributed by atoms with Gasteiger partial charge in [-0.1, -0.05) is 12.1 Å². The lowest BCUT2D eigenvalue weighted by Gasteiger charge is -2.41. The summed E-state index contributed by atoms with van der Waals surface area (Å²) in [6.45, 7) is 8.74. The van der Waals surface area contributed by atoms with E-state index in [0.717, 1.165) is 74.5 Å². The second-order valence-electron chi connectivity index (χ2n) is 10.5. The number of ether oxygens (including phenoxy) is 2. The second kappa shape index (κ2) is 10.3. The summed E-state index contributed by atoms with van der Waals surface area (Å²) in [4.78, 5) is 26.3. The molecule has 2 aromatic heterocycles. The quantitative estimate of drug-likeness (QED) is 0.553. The van der Waals surface area contributed by atoms with E-state index < -0.39 is 0 Å². The average molecular weight is 505 g/mol. The van der Waals surface area contributed by atoms with Gasteiger partial charge in [0.05, 0.1) is 17.5 Å². The number of rotatable bonds is 6. The summed E-state index contributed by atoms with van der Waals surface area (Å²) < 4.78 is 13.8. The molecule has 0 saturated carbocycles. The molecule has 196 valence electrons. The summed E-state index contributed by atoms with van der Waals surface area (Å²) in [5.74, 6) is 0.776. The van der Waals surface area contributed by atoms with Crippen LogP contribution < -0.4 is 15.0 Å². The van der Waals surface area contributed by atoms with Crippen molar-refractivity contribution in [1.82, 2.24) is 24.8 Å². The number of nitrogens with zero attached hydrogens (tertiary/aromatic N) is 5. The fourth-order valence-corrected chi connectivity index (χ4v) is 5.84. The predicted molar refractivity (Wildman–Crippen MR) is 143 cm³/mol. The number of piperazine rings is 1. The minimum absolute atomic E-state index is 0.0814. The number of aromatic nitrogens is 3. The number of benzene rings is 1. The van der Waals surface area contributed by atoms with Crippen molar-refractivity contribution in [3.05, 3.63) is 36.7 Å². The van der Waals surface area contributed by atoms with Crippen LogP contribution in [0.15, 0.2) is 36.7 Å². The number of amides is 1. The highest BCUT2D eigenvalue weighted by Gasteiger charge is 2.29. The Morgan fingerprint density at radius 2 is 1.86 bits per heavy atom. The van der Waals surface area contributed by atoms with Gasteiger partial charge in [-0.05, 0) is 38.0 Å². The SMILES string of the molecule is CC(Oc1nc(-c2ccc(N3CCN(C4CCOCC4)CC3)cc2)cc2ncn(C)c12)C1CNC(=O)C1. The van der Waals surface area contributed by atoms with E-state index in [4.69, 9.17) is 14.5 Å². The summed E-state index contributed by atoms with van der Waals surface area (Å²) in [5.41, 5.74) is 4.84. The molecule has 6 rings (SSSR count). The molecular formula is C28H36N6O3. The van der Waals surface area contributed by atoms with Crippen molar-refractivity contribution in [1.29, 1.82) is 0 Å². The first-order chi connectivity index (χ1) is 18.0. The zero-order chi connectivity index (χ0) is 25.4. The topological polar surface area (TPSA) is 84.8 Å². The third kappa shape index (κ3) is 5.02. The number of aryl methyl sites for hydroxylation is 1. The Balaban J connectivity index is 1.18. The standard InChI is InChI=1S/C28H36N6O3/c1-19(21-15-26(35)29-17-21)37-28-27-25(30-18-32(27)2)16-24(31-28)20-3-5-22(6-4-20)33-9-11-34(12-10-33)23-7-13-36-14-8-23/h3-6,16,18-19,21,23H,7-15,17H2,1-2H3,(H,29,35). The van der Waals surface area contributed by atoms with Gasteiger partial charge in [0.15, 0.2) is 0 Å². The molecule has 3 aliphatic rings. The van der Waals surface area contributed by atoms with E-state index in [1.807, 2.05) is 24.6 Å². The van der Waals surface area contributed by atoms with E-state index in [0.29, 0.717) is 24.9 Å². The third-order valence-corrected chi connectivity index (χ3v) is 8.18. The molecule has 1 aromatic carbocycles. The Morgan fingerprint density at radius 3 is 2.57 bits per heavy atom. The molecule has 0 aliphatic carbocycles. The minimum Gasteiger partial charge on any atom is -0.473 e. The number of nitrogens with one attached hydrogen (secondary N) is 1. The molecule has 3 fully saturated rings. The van der Waals surface area contributed by atoms with Crippen LogP contribution in [0.25, 0.3) is 22.3 Å². The van der Waals surface area contributed by atoms with Crippen LogP contribution in [0.1, 0.15) is 26.2 Å². The number of pyridine rings is 1. The molecule has 3 saturated heterocycles. The fourth-order valence-electron chi connectivity index (χ4n) is 5.84. The van der Waals surface area contributed by atoms with Crippen molar-refractivity contribution in [3.63, 3.8) is 0 Å². The lowest BCUT2D eigenvalue weighted by Crippen LogP contribution is -2.51. The molecule has 9 heteroatoms. The summed E-state index contributed by atoms with van der Waals surface area (Å²) in [5, 5.41) is 2.90. The Hall–Kier alpha value is -3.17. The van der Waals surface area contributed by atoms with Crippen LogP contribution in [0.5, 0.6) is 5.88 Å². The maximum Gasteiger partial charge on any atom is 0.241 e. The highest BCUT2D eigenvalue weighted by atomic mass is 16.5. The van der Waals surface area contributed by atoms with Gasteiger partial charge in [0.1, 0.15) is 11.6 Å². The van der Waals surface area contributed by atoms with Crippen LogP contribution in [0.3, 0.4) is 0 Å². The average Bonchev–Trinajstić information content (AvgIpc) is 3.55. The van der Waals surface area contributed by atoms with Crippen molar-refractivity contribution in [2.75, 3.05) is 50.8 Å². The van der Waals surface area contributed by atoms with Crippen LogP contribution in [0.4, 0.5) is 5.69 Å². The van der Waals surface area contributed by atoms with Crippen LogP contribution >= 0.6 is 0 Å². The summed E-state index contributed by atoms with van der Waals surface area (Å²) in [7, 11) is 1.95. The Kier molecular flexibility index (Phi) is 6.73. The summed E-state index contributed by atoms with van der Waals surface area (Å²) in [6, 6.07) is 11.4. The number of hydrogen-bond donors (Lipinski definition) is 1. The van der Waals surface area contributed by atoms with Crippen LogP contribution in [-0.4, -0.2) is 83.4 Å². The van der Waals surface area contributed by atoms with Gasteiger partial charge in [0.25, 0.3) is 0 Å². The van der Waals surface area contributed by atoms with Crippen LogP contribution in [-0.2, 0) is 16.6 Å². The lowest BCUT2D eigenvalue weighted by molar-refractivity contribution is -0.119. The van der Waals surface area contributed by atoms with Gasteiger partial charge in [-0.3, -0.25) is 9.69 Å². The predicted octanol–water partition coefficient (Wildman–Crippen LogP) is 2.84. The van der Waals surface area contributed by atoms with Crippen molar-refractivity contribution in [2.24, 2.45) is 13.0 Å². The Bertz CT molecular complexity index is 1240. The van der Waals surface area contributed by atoms with Gasteiger partial charge in [0.2, 0.25) is 11.8 Å². The molecule has 0 spiro atoms. The number of hydrogen-bond acceptors (Lipinski definition) is 7. The zero-order valence-electron chi connectivity index (χ0n) is 21.7. The van der Waals surface area contributed by atoms with Crippen molar-refractivity contribution < 1.29 is 14.3 Å². The van der Waals surface area contributed by atoms with Crippen LogP contribution in [0, 0.1) is 5.92 Å². The number of imidazole rings is 1. The summed E-state index contributed by atoms with van der Waals surface area (Å²) in [6.07, 6.45) is 4.45. The molecule has 0 bridgehead atoms. The maximum absolute atomic E-state index is 11.7. The van der Waals surface area contributed by atoms with E-state index in [1.54, 1.807) is 6.33 Å². The molecule has 2 atom stereocenters. The Labute approximate surface area is 217 Å². The van der Waals surface area contributed by atoms with Gasteiger partial charge < -0.3 is 24.3 Å². The summed E-state index contributed by atoms with van der Waals surface area (Å²) >= 11 is 0. The molecule has 5 heterocycles. The smallest absolute Gasteiger partial charge is 0.241 e. The molecule has 1 amide bonds. The van der Waals surface area contributed by atoms with E-state index in [-0.39, 0.29) is 17.9 Å². The largest absolute Gasteiger partial charge is 0.473 e. The van der Waals surface area contributed by atoms with E-state index in [9.17, 15) is 4.79 Å². The van der Waals surface area contributed by atoms with E-state index >= 15 is 0 Å². The number of carbonyl (C=O) groups excluding carboxylic acids is 1. The molecule has 3 aliphatic heterocycles. The van der Waals surface area contributed by atoms with Gasteiger partial charge in [-0.2, -0.15) is 0 Å². The first-order valence-corrected chi connectivity index (χ1v) is 13.5. The van der Waals surface area contributed by atoms with Crippen molar-refractivity contribution in [2.45, 2.75) is 38.3 Å². The fraction of sp³-hybridized carbons (Fsp3) is 0.536. The first-order valence-electron chi connectivity index (χ1n) is 13.5. The lowest BCUT2D eigenvalue weighted by atomic mass is 10.0. The zero-order valence-corrected chi connectivity index (χ0v) is 21.7.